The predicted octanol–water partition coefficient (Wildman–Crippen LogP) is 8.94. The van der Waals surface area contributed by atoms with Gasteiger partial charge in [0, 0.05) is 6.10 Å². The molecule has 1 fully saturated rings. The van der Waals surface area contributed by atoms with Crippen molar-refractivity contribution in [2.45, 2.75) is 136 Å². The van der Waals surface area contributed by atoms with Crippen LogP contribution in [0.4, 0.5) is 4.79 Å². The summed E-state index contributed by atoms with van der Waals surface area (Å²) in [5.41, 5.74) is 0.142. The molecular weight excluding hydrogens is 478 g/mol. The minimum absolute atomic E-state index is 0.118. The Bertz CT molecular complexity index is 827. The van der Waals surface area contributed by atoms with Crippen LogP contribution in [0.25, 0.3) is 0 Å². The van der Waals surface area contributed by atoms with Crippen molar-refractivity contribution in [3.63, 3.8) is 0 Å². The van der Waals surface area contributed by atoms with Gasteiger partial charge in [-0.15, -0.1) is 6.58 Å². The number of carbonyl (C=O) groups is 1. The molecule has 5 nitrogen and oxygen atoms in total. The van der Waals surface area contributed by atoms with Crippen LogP contribution in [0.2, 0.25) is 18.1 Å². The average molecular weight is 534 g/mol. The Morgan fingerprint density at radius 2 is 1.78 bits per heavy atom. The Morgan fingerprint density at radius 3 is 2.35 bits per heavy atom. The summed E-state index contributed by atoms with van der Waals surface area (Å²) in [6, 6.07) is -0.118. The zero-order valence-corrected chi connectivity index (χ0v) is 26.6. The molecule has 0 aliphatic carbocycles. The lowest BCUT2D eigenvalue weighted by molar-refractivity contribution is -0.0610. The molecule has 1 saturated heterocycles. The number of nitrogens with zero attached hydrogens (tertiary/aromatic N) is 1. The lowest BCUT2D eigenvalue weighted by Crippen LogP contribution is -2.49. The van der Waals surface area contributed by atoms with Crippen molar-refractivity contribution in [3.8, 4) is 0 Å². The van der Waals surface area contributed by atoms with E-state index in [4.69, 9.17) is 13.9 Å². The Kier molecular flexibility index (Phi) is 12.6. The Morgan fingerprint density at radius 1 is 1.16 bits per heavy atom. The van der Waals surface area contributed by atoms with Gasteiger partial charge in [-0.05, 0) is 91.8 Å². The zero-order valence-electron chi connectivity index (χ0n) is 25.6. The molecule has 0 unspecified atom stereocenters. The number of allylic oxidation sites excluding steroid dienone is 5. The van der Waals surface area contributed by atoms with E-state index in [9.17, 15) is 4.79 Å². The standard InChI is InChI=1S/C31H55NO4Si/c1-13-19-27(36-37(11,12)30(6,7)8)23-22-25(2)20-17-15-14-16-18-21-26-24-34-31(9,10)32(26)28(33)35-29(3,4)5/h13,15,17-18,20-21,26-27H,1,14,16,19,22-24H2,2-12H3/b17-15+,21-18-,25-20+/t26-,27+/m1/s1. The summed E-state index contributed by atoms with van der Waals surface area (Å²) in [4.78, 5) is 14.4. The highest BCUT2D eigenvalue weighted by atomic mass is 28.4. The number of amides is 1. The van der Waals surface area contributed by atoms with Gasteiger partial charge >= 0.3 is 6.09 Å². The van der Waals surface area contributed by atoms with Crippen molar-refractivity contribution in [2.75, 3.05) is 6.61 Å². The molecule has 212 valence electrons. The molecule has 1 aliphatic heterocycles. The minimum Gasteiger partial charge on any atom is -0.444 e. The third-order valence-electron chi connectivity index (χ3n) is 7.04. The quantitative estimate of drug-likeness (QED) is 0.109. The van der Waals surface area contributed by atoms with Gasteiger partial charge in [0.1, 0.15) is 11.3 Å². The van der Waals surface area contributed by atoms with E-state index in [2.05, 4.69) is 77.7 Å². The Labute approximate surface area is 229 Å². The summed E-state index contributed by atoms with van der Waals surface area (Å²) in [5.74, 6) is 0. The number of unbranched alkanes of at least 4 members (excludes halogenated alkanes) is 1. The molecule has 0 radical (unpaired) electrons. The molecule has 0 aromatic heterocycles. The first-order chi connectivity index (χ1) is 16.9. The van der Waals surface area contributed by atoms with Crippen LogP contribution in [0.15, 0.2) is 48.6 Å². The number of carbonyl (C=O) groups excluding carboxylic acids is 1. The third-order valence-corrected chi connectivity index (χ3v) is 11.6. The van der Waals surface area contributed by atoms with Crippen LogP contribution in [-0.4, -0.2) is 49.4 Å². The van der Waals surface area contributed by atoms with Gasteiger partial charge in [-0.2, -0.15) is 0 Å². The second-order valence-electron chi connectivity index (χ2n) is 13.2. The van der Waals surface area contributed by atoms with Gasteiger partial charge in [0.2, 0.25) is 0 Å². The maximum Gasteiger partial charge on any atom is 0.413 e. The molecule has 1 amide bonds. The van der Waals surface area contributed by atoms with Crippen LogP contribution < -0.4 is 0 Å². The van der Waals surface area contributed by atoms with Crippen LogP contribution in [0.3, 0.4) is 0 Å². The summed E-state index contributed by atoms with van der Waals surface area (Å²) in [5, 5.41) is 0.212. The first kappa shape index (κ1) is 33.4. The smallest absolute Gasteiger partial charge is 0.413 e. The molecule has 6 heteroatoms. The second-order valence-corrected chi connectivity index (χ2v) is 17.9. The van der Waals surface area contributed by atoms with E-state index in [0.29, 0.717) is 6.61 Å². The molecule has 37 heavy (non-hydrogen) atoms. The van der Waals surface area contributed by atoms with Crippen molar-refractivity contribution in [1.29, 1.82) is 0 Å². The highest BCUT2D eigenvalue weighted by molar-refractivity contribution is 6.74. The molecule has 0 spiro atoms. The Hall–Kier alpha value is -1.63. The number of hydrogen-bond acceptors (Lipinski definition) is 4. The van der Waals surface area contributed by atoms with E-state index in [1.807, 2.05) is 40.7 Å². The molecule has 2 atom stereocenters. The number of hydrogen-bond donors (Lipinski definition) is 0. The molecule has 1 rings (SSSR count). The van der Waals surface area contributed by atoms with Gasteiger partial charge in [0.05, 0.1) is 12.6 Å². The van der Waals surface area contributed by atoms with Gasteiger partial charge < -0.3 is 13.9 Å². The molecule has 0 bridgehead atoms. The molecule has 0 N–H and O–H groups in total. The molecule has 0 aromatic carbocycles. The van der Waals surface area contributed by atoms with Gasteiger partial charge in [0.25, 0.3) is 0 Å². The van der Waals surface area contributed by atoms with Crippen molar-refractivity contribution in [1.82, 2.24) is 4.90 Å². The van der Waals surface area contributed by atoms with E-state index in [1.165, 1.54) is 5.57 Å². The number of rotatable bonds is 12. The monoisotopic (exact) mass is 533 g/mol. The SMILES string of the molecule is C=CC[C@@H](CC/C(C)=C/C=C/CC/C=C\[C@@H]1COC(C)(C)N1C(=O)OC(C)(C)C)O[Si](C)(C)C(C)(C)C. The lowest BCUT2D eigenvalue weighted by atomic mass is 10.1. The average Bonchev–Trinajstić information content (AvgIpc) is 3.03. The maximum atomic E-state index is 12.7. The van der Waals surface area contributed by atoms with Crippen LogP contribution >= 0.6 is 0 Å². The Balaban J connectivity index is 2.55. The molecule has 0 saturated carbocycles. The van der Waals surface area contributed by atoms with Gasteiger partial charge in [-0.1, -0.05) is 62.8 Å². The van der Waals surface area contributed by atoms with Gasteiger partial charge in [0.15, 0.2) is 8.32 Å². The maximum absolute atomic E-state index is 12.7. The topological polar surface area (TPSA) is 48.0 Å². The van der Waals surface area contributed by atoms with Crippen molar-refractivity contribution in [2.24, 2.45) is 0 Å². The largest absolute Gasteiger partial charge is 0.444 e. The van der Waals surface area contributed by atoms with Crippen LogP contribution in [0.1, 0.15) is 94.4 Å². The molecule has 1 aliphatic rings. The van der Waals surface area contributed by atoms with Crippen molar-refractivity contribution >= 4 is 14.4 Å². The van der Waals surface area contributed by atoms with Crippen LogP contribution in [-0.2, 0) is 13.9 Å². The van der Waals surface area contributed by atoms with Crippen molar-refractivity contribution in [3.05, 3.63) is 48.6 Å². The zero-order chi connectivity index (χ0) is 28.5. The second kappa shape index (κ2) is 14.0. The van der Waals surface area contributed by atoms with E-state index in [1.54, 1.807) is 4.90 Å². The molecule has 1 heterocycles. The van der Waals surface area contributed by atoms with E-state index in [0.717, 1.165) is 32.1 Å². The summed E-state index contributed by atoms with van der Waals surface area (Å²) in [7, 11) is -1.78. The van der Waals surface area contributed by atoms with Gasteiger partial charge in [-0.3, -0.25) is 4.90 Å². The minimum atomic E-state index is -1.78. The first-order valence-electron chi connectivity index (χ1n) is 13.8. The summed E-state index contributed by atoms with van der Waals surface area (Å²) in [6.45, 7) is 27.5. The summed E-state index contributed by atoms with van der Waals surface area (Å²) >= 11 is 0. The van der Waals surface area contributed by atoms with E-state index >= 15 is 0 Å². The highest BCUT2D eigenvalue weighted by Gasteiger charge is 2.44. The van der Waals surface area contributed by atoms with Crippen molar-refractivity contribution < 1.29 is 18.7 Å². The summed E-state index contributed by atoms with van der Waals surface area (Å²) in [6.07, 6.45) is 17.4. The van der Waals surface area contributed by atoms with E-state index in [-0.39, 0.29) is 23.3 Å². The lowest BCUT2D eigenvalue weighted by Gasteiger charge is -2.39. The first-order valence-corrected chi connectivity index (χ1v) is 16.7. The fraction of sp³-hybridized carbons (Fsp3) is 0.710. The normalized spacial score (nSPS) is 20.1. The van der Waals surface area contributed by atoms with E-state index < -0.39 is 19.6 Å². The summed E-state index contributed by atoms with van der Waals surface area (Å²) < 4.78 is 18.1. The third kappa shape index (κ3) is 11.7. The fourth-order valence-electron chi connectivity index (χ4n) is 3.89. The van der Waals surface area contributed by atoms with Gasteiger partial charge in [-0.25, -0.2) is 4.79 Å². The highest BCUT2D eigenvalue weighted by Crippen LogP contribution is 2.38. The predicted molar refractivity (Wildman–Crippen MR) is 159 cm³/mol. The molecular formula is C31H55NO4Si. The number of ether oxygens (including phenoxy) is 2. The van der Waals surface area contributed by atoms with Crippen LogP contribution in [0.5, 0.6) is 0 Å². The van der Waals surface area contributed by atoms with Crippen LogP contribution in [0, 0.1) is 0 Å². The molecule has 0 aromatic rings. The fourth-order valence-corrected chi connectivity index (χ4v) is 5.29.